The number of allylic oxidation sites excluding steroid dienone is 2. The number of likely N-dealkylation sites (tertiary alicyclic amines) is 1. The fourth-order valence-electron chi connectivity index (χ4n) is 5.96. The first-order chi connectivity index (χ1) is 11.3. The maximum Gasteiger partial charge on any atom is 0.0696 e. The van der Waals surface area contributed by atoms with Gasteiger partial charge in [-0.05, 0) is 101 Å². The van der Waals surface area contributed by atoms with Gasteiger partial charge in [0.2, 0.25) is 0 Å². The van der Waals surface area contributed by atoms with E-state index in [1.807, 2.05) is 0 Å². The van der Waals surface area contributed by atoms with Gasteiger partial charge in [0.15, 0.2) is 0 Å². The Bertz CT molecular complexity index is 421. The number of nitrogens with one attached hydrogen (secondary N) is 1. The van der Waals surface area contributed by atoms with E-state index in [1.165, 1.54) is 51.6 Å². The Kier molecular flexibility index (Phi) is 4.80. The zero-order chi connectivity index (χ0) is 15.7. The van der Waals surface area contributed by atoms with E-state index in [0.29, 0.717) is 11.3 Å². The highest BCUT2D eigenvalue weighted by Crippen LogP contribution is 2.56. The van der Waals surface area contributed by atoms with Crippen LogP contribution in [0.3, 0.4) is 0 Å². The number of fused-ring (bicyclic) bond motifs is 2. The summed E-state index contributed by atoms with van der Waals surface area (Å²) in [4.78, 5) is 2.55. The van der Waals surface area contributed by atoms with E-state index in [-0.39, 0.29) is 6.10 Å². The van der Waals surface area contributed by atoms with Gasteiger partial charge >= 0.3 is 0 Å². The lowest BCUT2D eigenvalue weighted by Crippen LogP contribution is -2.47. The second-order valence-electron chi connectivity index (χ2n) is 8.65. The Morgan fingerprint density at radius 1 is 1.09 bits per heavy atom. The lowest BCUT2D eigenvalue weighted by molar-refractivity contribution is 0.0151. The van der Waals surface area contributed by atoms with E-state index in [2.05, 4.69) is 22.4 Å². The molecule has 4 rings (SSSR count). The Hall–Kier alpha value is -0.380. The summed E-state index contributed by atoms with van der Waals surface area (Å²) < 4.78 is 0. The minimum Gasteiger partial charge on any atom is -0.392 e. The molecule has 2 aliphatic heterocycles. The molecule has 0 aromatic rings. The third-order valence-corrected chi connectivity index (χ3v) is 7.50. The van der Waals surface area contributed by atoms with Crippen LogP contribution in [0.2, 0.25) is 0 Å². The van der Waals surface area contributed by atoms with Crippen LogP contribution in [0.5, 0.6) is 0 Å². The van der Waals surface area contributed by atoms with Gasteiger partial charge < -0.3 is 15.3 Å². The fourth-order valence-corrected chi connectivity index (χ4v) is 5.96. The Morgan fingerprint density at radius 2 is 1.87 bits per heavy atom. The quantitative estimate of drug-likeness (QED) is 0.786. The highest BCUT2D eigenvalue weighted by Gasteiger charge is 2.48. The van der Waals surface area contributed by atoms with Crippen molar-refractivity contribution in [2.75, 3.05) is 32.7 Å². The summed E-state index contributed by atoms with van der Waals surface area (Å²) >= 11 is 0. The van der Waals surface area contributed by atoms with Crippen molar-refractivity contribution in [2.45, 2.75) is 57.5 Å². The van der Waals surface area contributed by atoms with Gasteiger partial charge in [0.25, 0.3) is 0 Å². The summed E-state index contributed by atoms with van der Waals surface area (Å²) in [6.07, 6.45) is 15.6. The molecule has 0 bridgehead atoms. The van der Waals surface area contributed by atoms with Gasteiger partial charge in [0.1, 0.15) is 0 Å². The zero-order valence-corrected chi connectivity index (χ0v) is 14.6. The van der Waals surface area contributed by atoms with Crippen molar-refractivity contribution < 1.29 is 5.11 Å². The standard InChI is InChI=1S/C20H34N2O/c23-19(17-6-11-21-12-7-17)15-22-13-9-20(10-14-22)8-5-16-3-1-2-4-18(16)20/h2,4,16-19,21,23H,1,3,5-15H2. The van der Waals surface area contributed by atoms with E-state index in [1.54, 1.807) is 0 Å². The van der Waals surface area contributed by atoms with Crippen LogP contribution in [-0.4, -0.2) is 48.8 Å². The van der Waals surface area contributed by atoms with Crippen LogP contribution in [0.25, 0.3) is 0 Å². The molecule has 3 fully saturated rings. The Labute approximate surface area is 141 Å². The summed E-state index contributed by atoms with van der Waals surface area (Å²) in [5.74, 6) is 2.36. The van der Waals surface area contributed by atoms with E-state index in [9.17, 15) is 5.11 Å². The van der Waals surface area contributed by atoms with Crippen LogP contribution in [0.15, 0.2) is 12.2 Å². The maximum atomic E-state index is 10.6. The summed E-state index contributed by atoms with van der Waals surface area (Å²) in [6, 6.07) is 0. The SMILES string of the molecule is OC(CN1CCC2(CCC3CCC=CC32)CC1)C1CCNCC1. The predicted octanol–water partition coefficient (Wildman–Crippen LogP) is 2.81. The Morgan fingerprint density at radius 3 is 2.65 bits per heavy atom. The molecule has 0 radical (unpaired) electrons. The molecule has 1 spiro atoms. The van der Waals surface area contributed by atoms with Crippen LogP contribution in [0.4, 0.5) is 0 Å². The number of aliphatic hydroxyl groups excluding tert-OH is 1. The van der Waals surface area contributed by atoms with Crippen molar-refractivity contribution in [1.82, 2.24) is 10.2 Å². The van der Waals surface area contributed by atoms with Crippen LogP contribution in [0.1, 0.15) is 51.4 Å². The summed E-state index contributed by atoms with van der Waals surface area (Å²) in [7, 11) is 0. The number of hydrogen-bond donors (Lipinski definition) is 2. The molecule has 2 N–H and O–H groups in total. The molecule has 2 heterocycles. The molecule has 23 heavy (non-hydrogen) atoms. The normalized spacial score (nSPS) is 36.2. The van der Waals surface area contributed by atoms with Crippen molar-refractivity contribution in [3.8, 4) is 0 Å². The number of β-amino-alcohol motifs (C(OH)–C–C–N with tert-alkyl or cyclic N) is 1. The molecule has 0 aromatic heterocycles. The van der Waals surface area contributed by atoms with Crippen molar-refractivity contribution >= 4 is 0 Å². The first-order valence-electron chi connectivity index (χ1n) is 10.0. The third-order valence-electron chi connectivity index (χ3n) is 7.50. The van der Waals surface area contributed by atoms with Crippen LogP contribution in [0, 0.1) is 23.2 Å². The van der Waals surface area contributed by atoms with E-state index >= 15 is 0 Å². The first-order valence-corrected chi connectivity index (χ1v) is 10.0. The molecule has 130 valence electrons. The van der Waals surface area contributed by atoms with Gasteiger partial charge in [-0.2, -0.15) is 0 Å². The maximum absolute atomic E-state index is 10.6. The zero-order valence-electron chi connectivity index (χ0n) is 14.6. The van der Waals surface area contributed by atoms with Crippen molar-refractivity contribution in [3.05, 3.63) is 12.2 Å². The molecular weight excluding hydrogens is 284 g/mol. The fraction of sp³-hybridized carbons (Fsp3) is 0.900. The highest BCUT2D eigenvalue weighted by molar-refractivity contribution is 5.10. The lowest BCUT2D eigenvalue weighted by Gasteiger charge is -2.45. The van der Waals surface area contributed by atoms with Crippen LogP contribution in [-0.2, 0) is 0 Å². The highest BCUT2D eigenvalue weighted by atomic mass is 16.3. The minimum atomic E-state index is -0.114. The summed E-state index contributed by atoms with van der Waals surface area (Å²) in [5, 5.41) is 14.0. The molecule has 1 saturated carbocycles. The first kappa shape index (κ1) is 16.1. The molecule has 3 heteroatoms. The molecule has 2 aliphatic carbocycles. The smallest absolute Gasteiger partial charge is 0.0696 e. The van der Waals surface area contributed by atoms with Gasteiger partial charge in [-0.25, -0.2) is 0 Å². The number of rotatable bonds is 3. The molecule has 3 atom stereocenters. The number of aliphatic hydroxyl groups is 1. The molecular formula is C20H34N2O. The van der Waals surface area contributed by atoms with Crippen molar-refractivity contribution in [2.24, 2.45) is 23.2 Å². The number of nitrogens with zero attached hydrogens (tertiary/aromatic N) is 1. The lowest BCUT2D eigenvalue weighted by atomic mass is 9.67. The topological polar surface area (TPSA) is 35.5 Å². The summed E-state index contributed by atoms with van der Waals surface area (Å²) in [6.45, 7) is 5.49. The Balaban J connectivity index is 1.30. The van der Waals surface area contributed by atoms with Gasteiger partial charge in [-0.1, -0.05) is 12.2 Å². The minimum absolute atomic E-state index is 0.114. The molecule has 3 nitrogen and oxygen atoms in total. The predicted molar refractivity (Wildman–Crippen MR) is 94.3 cm³/mol. The van der Waals surface area contributed by atoms with E-state index in [0.717, 1.165) is 44.3 Å². The average Bonchev–Trinajstić information content (AvgIpc) is 2.97. The van der Waals surface area contributed by atoms with Gasteiger partial charge in [0, 0.05) is 6.54 Å². The average molecular weight is 319 g/mol. The molecule has 0 aromatic carbocycles. The number of piperidine rings is 2. The third kappa shape index (κ3) is 3.25. The second kappa shape index (κ2) is 6.85. The van der Waals surface area contributed by atoms with Crippen molar-refractivity contribution in [3.63, 3.8) is 0 Å². The molecule has 0 amide bonds. The van der Waals surface area contributed by atoms with Crippen molar-refractivity contribution in [1.29, 1.82) is 0 Å². The van der Waals surface area contributed by atoms with Gasteiger partial charge in [-0.3, -0.25) is 0 Å². The number of hydrogen-bond acceptors (Lipinski definition) is 3. The monoisotopic (exact) mass is 318 g/mol. The van der Waals surface area contributed by atoms with E-state index in [4.69, 9.17) is 0 Å². The molecule has 2 saturated heterocycles. The van der Waals surface area contributed by atoms with Crippen LogP contribution < -0.4 is 5.32 Å². The molecule has 4 aliphatic rings. The van der Waals surface area contributed by atoms with Crippen LogP contribution >= 0.6 is 0 Å². The summed E-state index contributed by atoms with van der Waals surface area (Å²) in [5.41, 5.74) is 0.609. The van der Waals surface area contributed by atoms with E-state index < -0.39 is 0 Å². The van der Waals surface area contributed by atoms with Gasteiger partial charge in [0.05, 0.1) is 6.10 Å². The second-order valence-corrected chi connectivity index (χ2v) is 8.65. The molecule has 3 unspecified atom stereocenters. The van der Waals surface area contributed by atoms with Gasteiger partial charge in [-0.15, -0.1) is 0 Å². The largest absolute Gasteiger partial charge is 0.392 e.